The Labute approximate surface area is 103 Å². The van der Waals surface area contributed by atoms with E-state index in [9.17, 15) is 9.59 Å². The van der Waals surface area contributed by atoms with Crippen LogP contribution in [0.5, 0.6) is 0 Å². The number of nitrogens with one attached hydrogen (secondary N) is 3. The van der Waals surface area contributed by atoms with Crippen LogP contribution >= 0.6 is 0 Å². The Morgan fingerprint density at radius 1 is 1.24 bits per heavy atom. The molecule has 5 heteroatoms. The Morgan fingerprint density at radius 3 is 2.35 bits per heavy atom. The van der Waals surface area contributed by atoms with Crippen molar-refractivity contribution in [1.29, 1.82) is 0 Å². The van der Waals surface area contributed by atoms with E-state index in [0.29, 0.717) is 0 Å². The first-order valence-electron chi connectivity index (χ1n) is 6.21. The fraction of sp³-hybridized carbons (Fsp3) is 0.833. The van der Waals surface area contributed by atoms with Gasteiger partial charge in [-0.05, 0) is 47.1 Å². The van der Waals surface area contributed by atoms with Crippen molar-refractivity contribution in [3.05, 3.63) is 0 Å². The van der Waals surface area contributed by atoms with Crippen LogP contribution in [-0.2, 0) is 9.59 Å². The molecule has 0 aromatic carbocycles. The summed E-state index contributed by atoms with van der Waals surface area (Å²) in [6.07, 6.45) is 1.81. The van der Waals surface area contributed by atoms with Gasteiger partial charge in [0.2, 0.25) is 11.8 Å². The molecule has 0 saturated carbocycles. The highest BCUT2D eigenvalue weighted by Gasteiger charge is 2.36. The third-order valence-corrected chi connectivity index (χ3v) is 3.04. The Balaban J connectivity index is 2.48. The molecule has 3 N–H and O–H groups in total. The van der Waals surface area contributed by atoms with E-state index in [1.165, 1.54) is 0 Å². The molecular formula is C12H23N3O2. The van der Waals surface area contributed by atoms with Gasteiger partial charge in [-0.2, -0.15) is 0 Å². The molecule has 0 bridgehead atoms. The van der Waals surface area contributed by atoms with Crippen molar-refractivity contribution in [2.75, 3.05) is 6.54 Å². The lowest BCUT2D eigenvalue weighted by molar-refractivity contribution is -0.131. The quantitative estimate of drug-likeness (QED) is 0.656. The predicted octanol–water partition coefficient (Wildman–Crippen LogP) is 0.158. The summed E-state index contributed by atoms with van der Waals surface area (Å²) in [6.45, 7) is 8.23. The van der Waals surface area contributed by atoms with Crippen molar-refractivity contribution < 1.29 is 9.59 Å². The highest BCUT2D eigenvalue weighted by Crippen LogP contribution is 2.18. The summed E-state index contributed by atoms with van der Waals surface area (Å²) in [5.41, 5.74) is -0.521. The summed E-state index contributed by atoms with van der Waals surface area (Å²) < 4.78 is 0. The lowest BCUT2D eigenvalue weighted by Gasteiger charge is -2.25. The minimum Gasteiger partial charge on any atom is -0.352 e. The lowest BCUT2D eigenvalue weighted by Crippen LogP contribution is -2.56. The van der Waals surface area contributed by atoms with Gasteiger partial charge < -0.3 is 16.0 Å². The summed E-state index contributed by atoms with van der Waals surface area (Å²) in [4.78, 5) is 23.7. The molecule has 2 unspecified atom stereocenters. The Hall–Kier alpha value is -1.10. The van der Waals surface area contributed by atoms with Crippen LogP contribution in [0.25, 0.3) is 0 Å². The van der Waals surface area contributed by atoms with E-state index in [-0.39, 0.29) is 17.9 Å². The van der Waals surface area contributed by atoms with Gasteiger partial charge in [-0.15, -0.1) is 0 Å². The molecule has 2 atom stereocenters. The van der Waals surface area contributed by atoms with E-state index in [1.807, 2.05) is 20.8 Å². The van der Waals surface area contributed by atoms with Crippen LogP contribution in [0.3, 0.4) is 0 Å². The highest BCUT2D eigenvalue weighted by molar-refractivity contribution is 5.91. The fourth-order valence-electron chi connectivity index (χ4n) is 1.92. The topological polar surface area (TPSA) is 70.2 Å². The third-order valence-electron chi connectivity index (χ3n) is 3.04. The molecule has 1 saturated heterocycles. The molecule has 1 rings (SSSR count). The highest BCUT2D eigenvalue weighted by atomic mass is 16.2. The molecule has 1 heterocycles. The molecule has 98 valence electrons. The molecule has 0 radical (unpaired) electrons. The van der Waals surface area contributed by atoms with E-state index in [0.717, 1.165) is 19.4 Å². The SMILES string of the molecule is CC(C)NC(=O)C(C)NC(=O)C1(C)CCCN1. The summed E-state index contributed by atoms with van der Waals surface area (Å²) in [5.74, 6) is -0.239. The zero-order valence-corrected chi connectivity index (χ0v) is 11.1. The monoisotopic (exact) mass is 241 g/mol. The van der Waals surface area contributed by atoms with Gasteiger partial charge in [0.05, 0.1) is 5.54 Å². The number of rotatable bonds is 4. The average molecular weight is 241 g/mol. The fourth-order valence-corrected chi connectivity index (χ4v) is 1.92. The summed E-state index contributed by atoms with van der Waals surface area (Å²) in [5, 5.41) is 8.70. The van der Waals surface area contributed by atoms with Crippen LogP contribution in [0.15, 0.2) is 0 Å². The minimum atomic E-state index is -0.521. The van der Waals surface area contributed by atoms with Crippen LogP contribution in [0.4, 0.5) is 0 Å². The van der Waals surface area contributed by atoms with Crippen molar-refractivity contribution in [3.63, 3.8) is 0 Å². The number of hydrogen-bond acceptors (Lipinski definition) is 3. The number of hydrogen-bond donors (Lipinski definition) is 3. The molecule has 0 spiro atoms. The Kier molecular flexibility index (Phi) is 4.51. The molecule has 0 aromatic heterocycles. The third kappa shape index (κ3) is 3.70. The summed E-state index contributed by atoms with van der Waals surface area (Å²) in [6, 6.07) is -0.411. The zero-order chi connectivity index (χ0) is 13.1. The predicted molar refractivity (Wildman–Crippen MR) is 66.5 cm³/mol. The first-order valence-corrected chi connectivity index (χ1v) is 6.21. The molecular weight excluding hydrogens is 218 g/mol. The molecule has 0 aromatic rings. The van der Waals surface area contributed by atoms with E-state index in [4.69, 9.17) is 0 Å². The molecule has 0 aliphatic carbocycles. The van der Waals surface area contributed by atoms with Crippen LogP contribution < -0.4 is 16.0 Å². The zero-order valence-electron chi connectivity index (χ0n) is 11.1. The second-order valence-electron chi connectivity index (χ2n) is 5.22. The van der Waals surface area contributed by atoms with Gasteiger partial charge in [0, 0.05) is 6.04 Å². The first kappa shape index (κ1) is 14.0. The maximum Gasteiger partial charge on any atom is 0.242 e. The van der Waals surface area contributed by atoms with Gasteiger partial charge in [0.25, 0.3) is 0 Å². The number of carbonyl (C=O) groups is 2. The second-order valence-corrected chi connectivity index (χ2v) is 5.22. The molecule has 2 amide bonds. The van der Waals surface area contributed by atoms with Crippen LogP contribution in [0.2, 0.25) is 0 Å². The Bertz CT molecular complexity index is 296. The molecule has 1 fully saturated rings. The summed E-state index contributed by atoms with van der Waals surface area (Å²) >= 11 is 0. The average Bonchev–Trinajstić information content (AvgIpc) is 2.65. The van der Waals surface area contributed by atoms with Gasteiger partial charge in [-0.25, -0.2) is 0 Å². The van der Waals surface area contributed by atoms with Gasteiger partial charge in [-0.3, -0.25) is 9.59 Å². The van der Waals surface area contributed by atoms with Crippen LogP contribution in [0, 0.1) is 0 Å². The number of carbonyl (C=O) groups excluding carboxylic acids is 2. The molecule has 1 aliphatic heterocycles. The van der Waals surface area contributed by atoms with Crippen LogP contribution in [0.1, 0.15) is 40.5 Å². The standard InChI is InChI=1S/C12H23N3O2/c1-8(2)14-10(16)9(3)15-11(17)12(4)6-5-7-13-12/h8-9,13H,5-7H2,1-4H3,(H,14,16)(H,15,17). The summed E-state index contributed by atoms with van der Waals surface area (Å²) in [7, 11) is 0. The smallest absolute Gasteiger partial charge is 0.242 e. The van der Waals surface area contributed by atoms with Gasteiger partial charge in [-0.1, -0.05) is 0 Å². The van der Waals surface area contributed by atoms with Gasteiger partial charge in [0.1, 0.15) is 6.04 Å². The van der Waals surface area contributed by atoms with Crippen molar-refractivity contribution in [3.8, 4) is 0 Å². The van der Waals surface area contributed by atoms with Crippen molar-refractivity contribution in [2.24, 2.45) is 0 Å². The van der Waals surface area contributed by atoms with E-state index >= 15 is 0 Å². The lowest BCUT2D eigenvalue weighted by atomic mass is 9.99. The van der Waals surface area contributed by atoms with Crippen molar-refractivity contribution >= 4 is 11.8 Å². The van der Waals surface area contributed by atoms with E-state index in [2.05, 4.69) is 16.0 Å². The molecule has 1 aliphatic rings. The van der Waals surface area contributed by atoms with Gasteiger partial charge >= 0.3 is 0 Å². The maximum absolute atomic E-state index is 12.0. The molecule has 5 nitrogen and oxygen atoms in total. The van der Waals surface area contributed by atoms with Gasteiger partial charge in [0.15, 0.2) is 0 Å². The van der Waals surface area contributed by atoms with E-state index < -0.39 is 11.6 Å². The first-order chi connectivity index (χ1) is 7.85. The van der Waals surface area contributed by atoms with Crippen molar-refractivity contribution in [2.45, 2.75) is 58.2 Å². The largest absolute Gasteiger partial charge is 0.352 e. The minimum absolute atomic E-state index is 0.0852. The van der Waals surface area contributed by atoms with E-state index in [1.54, 1.807) is 6.92 Å². The Morgan fingerprint density at radius 2 is 1.88 bits per heavy atom. The number of amides is 2. The maximum atomic E-state index is 12.0. The second kappa shape index (κ2) is 5.49. The normalized spacial score (nSPS) is 25.7. The molecule has 17 heavy (non-hydrogen) atoms. The van der Waals surface area contributed by atoms with Crippen molar-refractivity contribution in [1.82, 2.24) is 16.0 Å². The van der Waals surface area contributed by atoms with Crippen LogP contribution in [-0.4, -0.2) is 36.0 Å².